The monoisotopic (exact) mass is 339 g/mol. The van der Waals surface area contributed by atoms with Gasteiger partial charge in [0, 0.05) is 44.4 Å². The van der Waals surface area contributed by atoms with Gasteiger partial charge in [-0.2, -0.15) is 5.10 Å². The zero-order valence-electron chi connectivity index (χ0n) is 14.9. The van der Waals surface area contributed by atoms with Gasteiger partial charge < -0.3 is 14.6 Å². The molecule has 1 saturated heterocycles. The molecule has 0 saturated carbocycles. The second kappa shape index (κ2) is 6.98. The molecular formula is C19H25N5O. The van der Waals surface area contributed by atoms with E-state index in [1.807, 2.05) is 24.0 Å². The lowest BCUT2D eigenvalue weighted by Gasteiger charge is -2.18. The van der Waals surface area contributed by atoms with Crippen molar-refractivity contribution in [3.8, 4) is 0 Å². The molecular weight excluding hydrogens is 314 g/mol. The molecule has 25 heavy (non-hydrogen) atoms. The van der Waals surface area contributed by atoms with Crippen LogP contribution in [0.4, 0.5) is 0 Å². The first-order valence-corrected chi connectivity index (χ1v) is 9.01. The highest BCUT2D eigenvalue weighted by Crippen LogP contribution is 2.33. The summed E-state index contributed by atoms with van der Waals surface area (Å²) in [5.74, 6) is 1.57. The van der Waals surface area contributed by atoms with Gasteiger partial charge in [-0.05, 0) is 25.5 Å². The summed E-state index contributed by atoms with van der Waals surface area (Å²) < 4.78 is 10.1. The third kappa shape index (κ3) is 3.19. The van der Waals surface area contributed by atoms with Crippen LogP contribution < -0.4 is 5.32 Å². The van der Waals surface area contributed by atoms with Crippen molar-refractivity contribution in [1.29, 1.82) is 0 Å². The van der Waals surface area contributed by atoms with Crippen molar-refractivity contribution in [3.63, 3.8) is 0 Å². The summed E-state index contributed by atoms with van der Waals surface area (Å²) in [6.07, 6.45) is 5.20. The highest BCUT2D eigenvalue weighted by Gasteiger charge is 2.30. The van der Waals surface area contributed by atoms with Gasteiger partial charge in [0.25, 0.3) is 0 Å². The Balaban J connectivity index is 1.42. The number of ether oxygens (including phenoxy) is 1. The molecule has 0 spiro atoms. The van der Waals surface area contributed by atoms with E-state index in [9.17, 15) is 0 Å². The van der Waals surface area contributed by atoms with Gasteiger partial charge in [0.15, 0.2) is 0 Å². The van der Waals surface area contributed by atoms with Crippen molar-refractivity contribution < 1.29 is 4.74 Å². The number of aryl methyl sites for hydroxylation is 2. The lowest BCUT2D eigenvalue weighted by atomic mass is 9.97. The Morgan fingerprint density at radius 2 is 2.20 bits per heavy atom. The van der Waals surface area contributed by atoms with Crippen LogP contribution >= 0.6 is 0 Å². The quantitative estimate of drug-likeness (QED) is 0.750. The SMILES string of the molecule is CCn1c(CNC[C@H]2CCO[C@@H]2c2cnn(C)c2)nc2ccccc21. The third-order valence-electron chi connectivity index (χ3n) is 5.01. The van der Waals surface area contributed by atoms with Crippen molar-refractivity contribution in [2.75, 3.05) is 13.2 Å². The van der Waals surface area contributed by atoms with Crippen molar-refractivity contribution >= 4 is 11.0 Å². The molecule has 132 valence electrons. The van der Waals surface area contributed by atoms with Gasteiger partial charge in [-0.3, -0.25) is 4.68 Å². The van der Waals surface area contributed by atoms with Crippen LogP contribution in [0, 0.1) is 5.92 Å². The van der Waals surface area contributed by atoms with Crippen LogP contribution in [0.3, 0.4) is 0 Å². The minimum Gasteiger partial charge on any atom is -0.373 e. The number of imidazole rings is 1. The Morgan fingerprint density at radius 3 is 3.00 bits per heavy atom. The summed E-state index contributed by atoms with van der Waals surface area (Å²) in [6.45, 7) is 5.62. The van der Waals surface area contributed by atoms with Crippen LogP contribution in [0.1, 0.15) is 30.8 Å². The molecule has 0 amide bonds. The van der Waals surface area contributed by atoms with Crippen LogP contribution in [0.5, 0.6) is 0 Å². The Bertz CT molecular complexity index is 852. The molecule has 1 aliphatic rings. The van der Waals surface area contributed by atoms with Crippen LogP contribution in [0.15, 0.2) is 36.7 Å². The molecule has 0 unspecified atom stereocenters. The number of hydrogen-bond acceptors (Lipinski definition) is 4. The number of hydrogen-bond donors (Lipinski definition) is 1. The first-order chi connectivity index (χ1) is 12.3. The highest BCUT2D eigenvalue weighted by molar-refractivity contribution is 5.75. The number of nitrogens with zero attached hydrogens (tertiary/aromatic N) is 4. The average molecular weight is 339 g/mol. The maximum Gasteiger partial charge on any atom is 0.123 e. The van der Waals surface area contributed by atoms with Crippen LogP contribution in [-0.4, -0.2) is 32.5 Å². The summed E-state index contributed by atoms with van der Waals surface area (Å²) in [5, 5.41) is 7.87. The number of para-hydroxylation sites is 2. The molecule has 2 atom stereocenters. The minimum atomic E-state index is 0.145. The van der Waals surface area contributed by atoms with Crippen molar-refractivity contribution in [1.82, 2.24) is 24.6 Å². The molecule has 1 aromatic carbocycles. The molecule has 2 aromatic heterocycles. The van der Waals surface area contributed by atoms with E-state index < -0.39 is 0 Å². The lowest BCUT2D eigenvalue weighted by molar-refractivity contribution is 0.0903. The summed E-state index contributed by atoms with van der Waals surface area (Å²) in [5.41, 5.74) is 3.45. The molecule has 3 heterocycles. The lowest BCUT2D eigenvalue weighted by Crippen LogP contribution is -2.25. The number of fused-ring (bicyclic) bond motifs is 1. The predicted octanol–water partition coefficient (Wildman–Crippen LogP) is 2.66. The van der Waals surface area contributed by atoms with Gasteiger partial charge in [0.05, 0.1) is 29.9 Å². The fraction of sp³-hybridized carbons (Fsp3) is 0.474. The Kier molecular flexibility index (Phi) is 4.55. The molecule has 0 radical (unpaired) electrons. The van der Waals surface area contributed by atoms with E-state index in [-0.39, 0.29) is 6.10 Å². The van der Waals surface area contributed by atoms with Crippen LogP contribution in [0.2, 0.25) is 0 Å². The molecule has 4 rings (SSSR count). The largest absolute Gasteiger partial charge is 0.373 e. The van der Waals surface area contributed by atoms with E-state index in [2.05, 4.69) is 46.3 Å². The molecule has 6 nitrogen and oxygen atoms in total. The highest BCUT2D eigenvalue weighted by atomic mass is 16.5. The minimum absolute atomic E-state index is 0.145. The Labute approximate surface area is 147 Å². The first-order valence-electron chi connectivity index (χ1n) is 9.01. The van der Waals surface area contributed by atoms with Crippen molar-refractivity contribution in [2.24, 2.45) is 13.0 Å². The molecule has 3 aromatic rings. The zero-order valence-corrected chi connectivity index (χ0v) is 14.9. The maximum absolute atomic E-state index is 5.95. The molecule has 1 fully saturated rings. The van der Waals surface area contributed by atoms with Gasteiger partial charge >= 0.3 is 0 Å². The smallest absolute Gasteiger partial charge is 0.123 e. The third-order valence-corrected chi connectivity index (χ3v) is 5.01. The van der Waals surface area contributed by atoms with E-state index >= 15 is 0 Å². The van der Waals surface area contributed by atoms with Crippen LogP contribution in [-0.2, 0) is 24.9 Å². The number of nitrogens with one attached hydrogen (secondary N) is 1. The standard InChI is InChI=1S/C19H25N5O/c1-3-24-17-7-5-4-6-16(17)22-18(24)12-20-10-14-8-9-25-19(14)15-11-21-23(2)13-15/h4-7,11,13-14,19-20H,3,8-10,12H2,1-2H3/t14-,19+/m1/s1. The summed E-state index contributed by atoms with van der Waals surface area (Å²) in [4.78, 5) is 4.78. The zero-order chi connectivity index (χ0) is 17.2. The van der Waals surface area contributed by atoms with Gasteiger partial charge in [-0.15, -0.1) is 0 Å². The topological polar surface area (TPSA) is 56.9 Å². The van der Waals surface area contributed by atoms with Gasteiger partial charge in [0.1, 0.15) is 5.82 Å². The summed E-state index contributed by atoms with van der Waals surface area (Å²) >= 11 is 0. The summed E-state index contributed by atoms with van der Waals surface area (Å²) in [7, 11) is 1.95. The maximum atomic E-state index is 5.95. The summed E-state index contributed by atoms with van der Waals surface area (Å²) in [6, 6.07) is 8.33. The van der Waals surface area contributed by atoms with Crippen molar-refractivity contribution in [3.05, 3.63) is 48.0 Å². The molecule has 1 aliphatic heterocycles. The average Bonchev–Trinajstić information content (AvgIpc) is 3.32. The second-order valence-corrected chi connectivity index (χ2v) is 6.68. The van der Waals surface area contributed by atoms with E-state index in [1.54, 1.807) is 0 Å². The number of rotatable bonds is 6. The fourth-order valence-electron chi connectivity index (χ4n) is 3.78. The van der Waals surface area contributed by atoms with E-state index in [1.165, 1.54) is 11.1 Å². The normalized spacial score (nSPS) is 20.6. The fourth-order valence-corrected chi connectivity index (χ4v) is 3.78. The first kappa shape index (κ1) is 16.3. The van der Waals surface area contributed by atoms with Gasteiger partial charge in [0.2, 0.25) is 0 Å². The Hall–Kier alpha value is -2.18. The Morgan fingerprint density at radius 1 is 1.32 bits per heavy atom. The molecule has 6 heteroatoms. The molecule has 0 aliphatic carbocycles. The molecule has 0 bridgehead atoms. The van der Waals surface area contributed by atoms with E-state index in [0.29, 0.717) is 5.92 Å². The van der Waals surface area contributed by atoms with Gasteiger partial charge in [-0.1, -0.05) is 12.1 Å². The molecule has 1 N–H and O–H groups in total. The van der Waals surface area contributed by atoms with E-state index in [0.717, 1.165) is 44.0 Å². The second-order valence-electron chi connectivity index (χ2n) is 6.68. The van der Waals surface area contributed by atoms with Crippen molar-refractivity contribution in [2.45, 2.75) is 32.5 Å². The van der Waals surface area contributed by atoms with Gasteiger partial charge in [-0.25, -0.2) is 4.98 Å². The van der Waals surface area contributed by atoms with E-state index in [4.69, 9.17) is 9.72 Å². The predicted molar refractivity (Wildman–Crippen MR) is 97.1 cm³/mol. The van der Waals surface area contributed by atoms with Crippen LogP contribution in [0.25, 0.3) is 11.0 Å². The number of benzene rings is 1. The number of aromatic nitrogens is 4.